The fraction of sp³-hybridized carbons (Fsp3) is 0.389. The van der Waals surface area contributed by atoms with E-state index in [4.69, 9.17) is 0 Å². The van der Waals surface area contributed by atoms with Gasteiger partial charge in [0, 0.05) is 8.07 Å². The van der Waals surface area contributed by atoms with Crippen LogP contribution in [-0.4, -0.2) is 8.07 Å². The van der Waals surface area contributed by atoms with Crippen molar-refractivity contribution in [1.82, 2.24) is 0 Å². The third-order valence-electron chi connectivity index (χ3n) is 4.16. The summed E-state index contributed by atoms with van der Waals surface area (Å²) >= 11 is 0. The Morgan fingerprint density at radius 1 is 0.913 bits per heavy atom. The van der Waals surface area contributed by atoms with E-state index in [2.05, 4.69) is 82.9 Å². The zero-order valence-corrected chi connectivity index (χ0v) is 19.5. The van der Waals surface area contributed by atoms with Crippen LogP contribution in [0.3, 0.4) is 0 Å². The van der Waals surface area contributed by atoms with Crippen molar-refractivity contribution in [1.29, 1.82) is 0 Å². The average Bonchev–Trinajstić information content (AvgIpc) is 2.78. The maximum absolute atomic E-state index is 2.43. The minimum atomic E-state index is -1.21. The standard InChI is InChI=1S/C18H25Si.3ClH.Ti/c1-14-9-7-8-10-17(14)18(2,3)15-11-12-16(13-15)19(4,5)6;;;;/h7-13H,1-6H3;3*1H;/q-1;;;;+4/p-3. The third-order valence-corrected chi connectivity index (χ3v) is 6.20. The Balaban J connectivity index is -0.000001000. The van der Waals surface area contributed by atoms with Gasteiger partial charge in [0.05, 0.1) is 0 Å². The van der Waals surface area contributed by atoms with Crippen LogP contribution in [0.4, 0.5) is 0 Å². The van der Waals surface area contributed by atoms with Gasteiger partial charge in [-0.2, -0.15) is 12.1 Å². The van der Waals surface area contributed by atoms with Crippen molar-refractivity contribution in [2.75, 3.05) is 0 Å². The van der Waals surface area contributed by atoms with Gasteiger partial charge in [-0.05, 0) is 23.5 Å². The second-order valence-corrected chi connectivity index (χ2v) is 12.2. The van der Waals surface area contributed by atoms with Gasteiger partial charge < -0.3 is 37.2 Å². The monoisotopic (exact) mass is 422 g/mol. The summed E-state index contributed by atoms with van der Waals surface area (Å²) in [6, 6.07) is 15.8. The molecular weight excluding hydrogens is 399 g/mol. The first-order valence-corrected chi connectivity index (χ1v) is 10.6. The average molecular weight is 424 g/mol. The van der Waals surface area contributed by atoms with Gasteiger partial charge in [0.1, 0.15) is 0 Å². The van der Waals surface area contributed by atoms with E-state index in [-0.39, 0.29) is 64.4 Å². The number of benzene rings is 1. The summed E-state index contributed by atoms with van der Waals surface area (Å²) < 4.78 is 0. The maximum atomic E-state index is 2.43. The Labute approximate surface area is 176 Å². The van der Waals surface area contributed by atoms with Crippen molar-refractivity contribution in [3.8, 4) is 0 Å². The molecule has 0 unspecified atom stereocenters. The zero-order chi connectivity index (χ0) is 14.3. The Morgan fingerprint density at radius 3 is 1.87 bits per heavy atom. The van der Waals surface area contributed by atoms with Gasteiger partial charge in [-0.25, -0.2) is 11.3 Å². The van der Waals surface area contributed by atoms with Crippen molar-refractivity contribution in [2.24, 2.45) is 0 Å². The molecule has 0 N–H and O–H groups in total. The fourth-order valence-electron chi connectivity index (χ4n) is 2.73. The minimum absolute atomic E-state index is 0. The summed E-state index contributed by atoms with van der Waals surface area (Å²) in [4.78, 5) is 0. The van der Waals surface area contributed by atoms with E-state index in [9.17, 15) is 0 Å². The summed E-state index contributed by atoms with van der Waals surface area (Å²) in [7, 11) is -1.21. The first kappa shape index (κ1) is 28.2. The van der Waals surface area contributed by atoms with Gasteiger partial charge in [0.2, 0.25) is 0 Å². The Bertz CT molecular complexity index is 586. The van der Waals surface area contributed by atoms with Crippen LogP contribution in [-0.2, 0) is 27.1 Å². The SMILES string of the molecule is Cc1ccccc1C(C)(C)[c-]1ccc([Si](C)(C)C)c1.[Cl-].[Cl-].[Cl-].[Ti+4]. The van der Waals surface area contributed by atoms with E-state index in [1.54, 1.807) is 5.19 Å². The van der Waals surface area contributed by atoms with Crippen LogP contribution in [0.2, 0.25) is 19.6 Å². The van der Waals surface area contributed by atoms with Crippen LogP contribution in [0.5, 0.6) is 0 Å². The van der Waals surface area contributed by atoms with E-state index in [1.165, 1.54) is 16.7 Å². The van der Waals surface area contributed by atoms with Crippen molar-refractivity contribution in [2.45, 2.75) is 45.8 Å². The maximum Gasteiger partial charge on any atom is 4.00 e. The molecule has 126 valence electrons. The quantitative estimate of drug-likeness (QED) is 0.346. The molecule has 2 rings (SSSR count). The molecule has 0 fully saturated rings. The molecule has 0 aliphatic heterocycles. The molecule has 23 heavy (non-hydrogen) atoms. The van der Waals surface area contributed by atoms with Crippen molar-refractivity contribution in [3.05, 3.63) is 59.2 Å². The van der Waals surface area contributed by atoms with Crippen LogP contribution < -0.4 is 42.4 Å². The topological polar surface area (TPSA) is 0 Å². The molecule has 0 aliphatic rings. The van der Waals surface area contributed by atoms with Crippen molar-refractivity contribution >= 4 is 13.3 Å². The fourth-order valence-corrected chi connectivity index (χ4v) is 3.90. The summed E-state index contributed by atoms with van der Waals surface area (Å²) in [6.07, 6.45) is 0. The Kier molecular flexibility index (Phi) is 12.7. The first-order chi connectivity index (χ1) is 8.73. The van der Waals surface area contributed by atoms with E-state index in [0.29, 0.717) is 0 Å². The van der Waals surface area contributed by atoms with Gasteiger partial charge in [0.25, 0.3) is 0 Å². The van der Waals surface area contributed by atoms with Gasteiger partial charge in [-0.1, -0.05) is 57.8 Å². The van der Waals surface area contributed by atoms with Crippen LogP contribution in [0, 0.1) is 6.92 Å². The van der Waals surface area contributed by atoms with E-state index >= 15 is 0 Å². The Hall–Kier alpha value is 0.371. The molecule has 0 amide bonds. The number of hydrogen-bond donors (Lipinski definition) is 0. The first-order valence-electron chi connectivity index (χ1n) is 7.07. The van der Waals surface area contributed by atoms with Gasteiger partial charge in [0.15, 0.2) is 0 Å². The zero-order valence-electron chi connectivity index (χ0n) is 14.7. The number of hydrogen-bond acceptors (Lipinski definition) is 0. The molecule has 0 spiro atoms. The molecule has 0 aromatic heterocycles. The van der Waals surface area contributed by atoms with Crippen molar-refractivity contribution in [3.63, 3.8) is 0 Å². The molecule has 5 heteroatoms. The number of halogens is 3. The van der Waals surface area contributed by atoms with E-state index in [1.807, 2.05) is 0 Å². The van der Waals surface area contributed by atoms with Crippen LogP contribution in [0.25, 0.3) is 0 Å². The molecule has 0 bridgehead atoms. The molecule has 0 saturated carbocycles. The molecule has 0 saturated heterocycles. The van der Waals surface area contributed by atoms with E-state index < -0.39 is 8.07 Å². The summed E-state index contributed by atoms with van der Waals surface area (Å²) in [5.74, 6) is 0. The molecule has 0 heterocycles. The minimum Gasteiger partial charge on any atom is -1.00 e. The predicted molar refractivity (Wildman–Crippen MR) is 88.3 cm³/mol. The second-order valence-electron chi connectivity index (χ2n) is 7.08. The molecule has 2 aromatic carbocycles. The van der Waals surface area contributed by atoms with E-state index in [0.717, 1.165) is 0 Å². The van der Waals surface area contributed by atoms with Crippen LogP contribution in [0.1, 0.15) is 30.5 Å². The molecule has 0 aliphatic carbocycles. The van der Waals surface area contributed by atoms with Crippen molar-refractivity contribution < 1.29 is 58.9 Å². The molecule has 2 aromatic rings. The number of aryl methyl sites for hydroxylation is 1. The molecule has 0 radical (unpaired) electrons. The molecule has 0 nitrogen and oxygen atoms in total. The summed E-state index contributed by atoms with van der Waals surface area (Å²) in [5.41, 5.74) is 4.34. The molecule has 0 atom stereocenters. The molecular formula is C18H25Cl3SiTi. The largest absolute Gasteiger partial charge is 4.00 e. The van der Waals surface area contributed by atoms with Crippen LogP contribution >= 0.6 is 0 Å². The van der Waals surface area contributed by atoms with Gasteiger partial charge in [-0.3, -0.25) is 0 Å². The predicted octanol–water partition coefficient (Wildman–Crippen LogP) is -4.41. The van der Waals surface area contributed by atoms with Crippen LogP contribution in [0.15, 0.2) is 42.5 Å². The van der Waals surface area contributed by atoms with Gasteiger partial charge >= 0.3 is 21.7 Å². The second kappa shape index (κ2) is 10.4. The smallest absolute Gasteiger partial charge is 1.00 e. The normalized spacial score (nSPS) is 10.5. The number of rotatable bonds is 3. The van der Waals surface area contributed by atoms with Gasteiger partial charge in [-0.15, -0.1) is 5.56 Å². The third kappa shape index (κ3) is 6.31. The summed E-state index contributed by atoms with van der Waals surface area (Å²) in [5, 5.41) is 1.56. The Morgan fingerprint density at radius 2 is 1.43 bits per heavy atom. The summed E-state index contributed by atoms with van der Waals surface area (Å²) in [6.45, 7) is 14.1.